The minimum absolute atomic E-state index is 0.105. The van der Waals surface area contributed by atoms with Crippen LogP contribution < -0.4 is 4.74 Å². The van der Waals surface area contributed by atoms with Crippen molar-refractivity contribution in [2.75, 3.05) is 7.11 Å². The first-order valence-corrected chi connectivity index (χ1v) is 5.54. The quantitative estimate of drug-likeness (QED) is 0.795. The number of alkyl halides is 2. The Bertz CT molecular complexity index is 585. The summed E-state index contributed by atoms with van der Waals surface area (Å²) < 4.78 is 30.4. The lowest BCUT2D eigenvalue weighted by atomic mass is 10.0. The highest BCUT2D eigenvalue weighted by atomic mass is 19.3. The Hall–Kier alpha value is -2.30. The lowest BCUT2D eigenvalue weighted by Crippen LogP contribution is -2.05. The second-order valence-corrected chi connectivity index (χ2v) is 3.83. The topological polar surface area (TPSA) is 39.2 Å². The maximum atomic E-state index is 12.7. The molecule has 0 saturated carbocycles. The second-order valence-electron chi connectivity index (χ2n) is 3.83. The van der Waals surface area contributed by atoms with Crippen LogP contribution in [0.5, 0.6) is 5.75 Å². The van der Waals surface area contributed by atoms with Crippen LogP contribution in [0.25, 0.3) is 0 Å². The second kappa shape index (κ2) is 5.56. The average molecular weight is 263 g/mol. The standard InChI is InChI=1S/C14H11F2NO2/c1-19-12-5-4-9(14(15)16)7-11(12)13(18)10-3-2-6-17-8-10/h2-8,14H,1H3. The van der Waals surface area contributed by atoms with Crippen molar-refractivity contribution in [3.8, 4) is 5.75 Å². The van der Waals surface area contributed by atoms with Gasteiger partial charge in [-0.2, -0.15) is 0 Å². The van der Waals surface area contributed by atoms with Crippen LogP contribution >= 0.6 is 0 Å². The Morgan fingerprint density at radius 3 is 2.68 bits per heavy atom. The number of nitrogens with zero attached hydrogens (tertiary/aromatic N) is 1. The van der Waals surface area contributed by atoms with Gasteiger partial charge >= 0.3 is 0 Å². The molecular formula is C14H11F2NO2. The van der Waals surface area contributed by atoms with E-state index in [2.05, 4.69) is 4.98 Å². The van der Waals surface area contributed by atoms with Gasteiger partial charge in [0.2, 0.25) is 0 Å². The van der Waals surface area contributed by atoms with Crippen LogP contribution in [0.15, 0.2) is 42.7 Å². The molecule has 0 radical (unpaired) electrons. The fourth-order valence-corrected chi connectivity index (χ4v) is 1.69. The number of rotatable bonds is 4. The molecule has 0 aliphatic rings. The number of carbonyl (C=O) groups excluding carboxylic acids is 1. The number of ketones is 1. The Balaban J connectivity index is 2.48. The predicted octanol–water partition coefficient (Wildman–Crippen LogP) is 3.26. The summed E-state index contributed by atoms with van der Waals surface area (Å²) in [5.74, 6) is -0.134. The van der Waals surface area contributed by atoms with Crippen LogP contribution in [0, 0.1) is 0 Å². The monoisotopic (exact) mass is 263 g/mol. The zero-order valence-corrected chi connectivity index (χ0v) is 10.1. The first-order chi connectivity index (χ1) is 9.13. The minimum Gasteiger partial charge on any atom is -0.496 e. The normalized spacial score (nSPS) is 10.5. The molecule has 2 aromatic rings. The van der Waals surface area contributed by atoms with Crippen LogP contribution in [0.1, 0.15) is 27.9 Å². The molecule has 0 saturated heterocycles. The molecule has 1 aromatic heterocycles. The smallest absolute Gasteiger partial charge is 0.263 e. The fraction of sp³-hybridized carbons (Fsp3) is 0.143. The van der Waals surface area contributed by atoms with Crippen LogP contribution in [-0.2, 0) is 0 Å². The Labute approximate surface area is 108 Å². The molecule has 0 unspecified atom stereocenters. The molecule has 0 N–H and O–H groups in total. The number of hydrogen-bond donors (Lipinski definition) is 0. The lowest BCUT2D eigenvalue weighted by Gasteiger charge is -2.09. The minimum atomic E-state index is -2.63. The van der Waals surface area contributed by atoms with E-state index in [9.17, 15) is 13.6 Å². The van der Waals surface area contributed by atoms with Crippen LogP contribution in [0.2, 0.25) is 0 Å². The third kappa shape index (κ3) is 2.76. The van der Waals surface area contributed by atoms with E-state index in [0.29, 0.717) is 5.56 Å². The van der Waals surface area contributed by atoms with Crippen molar-refractivity contribution in [1.82, 2.24) is 4.98 Å². The molecule has 0 aliphatic heterocycles. The number of methoxy groups -OCH3 is 1. The first kappa shape index (κ1) is 13.1. The molecule has 0 amide bonds. The maximum Gasteiger partial charge on any atom is 0.263 e. The maximum absolute atomic E-state index is 12.7. The van der Waals surface area contributed by atoms with Gasteiger partial charge in [-0.15, -0.1) is 0 Å². The molecule has 19 heavy (non-hydrogen) atoms. The molecule has 0 bridgehead atoms. The number of halogens is 2. The van der Waals surface area contributed by atoms with E-state index in [1.807, 2.05) is 0 Å². The zero-order chi connectivity index (χ0) is 13.8. The Kier molecular flexibility index (Phi) is 3.85. The van der Waals surface area contributed by atoms with Gasteiger partial charge in [0.25, 0.3) is 6.43 Å². The van der Waals surface area contributed by atoms with Gasteiger partial charge in [0.15, 0.2) is 5.78 Å². The van der Waals surface area contributed by atoms with Crippen molar-refractivity contribution in [1.29, 1.82) is 0 Å². The number of ether oxygens (including phenoxy) is 1. The van der Waals surface area contributed by atoms with Crippen LogP contribution in [0.3, 0.4) is 0 Å². The summed E-state index contributed by atoms with van der Waals surface area (Å²) in [6.07, 6.45) is 0.284. The summed E-state index contributed by atoms with van der Waals surface area (Å²) in [6.45, 7) is 0. The summed E-state index contributed by atoms with van der Waals surface area (Å²) in [5.41, 5.74) is 0.216. The molecule has 1 heterocycles. The summed E-state index contributed by atoms with van der Waals surface area (Å²) in [5, 5.41) is 0. The van der Waals surface area contributed by atoms with Gasteiger partial charge in [-0.25, -0.2) is 8.78 Å². The van der Waals surface area contributed by atoms with E-state index in [1.54, 1.807) is 12.1 Å². The van der Waals surface area contributed by atoms with Crippen LogP contribution in [-0.4, -0.2) is 17.9 Å². The van der Waals surface area contributed by atoms with Gasteiger partial charge in [0.05, 0.1) is 12.7 Å². The highest BCUT2D eigenvalue weighted by Crippen LogP contribution is 2.27. The van der Waals surface area contributed by atoms with Gasteiger partial charge in [-0.1, -0.05) is 0 Å². The number of aromatic nitrogens is 1. The summed E-state index contributed by atoms with van der Waals surface area (Å²) in [4.78, 5) is 16.1. The molecule has 5 heteroatoms. The number of pyridine rings is 1. The molecule has 2 rings (SSSR count). The van der Waals surface area contributed by atoms with E-state index in [0.717, 1.165) is 6.07 Å². The molecule has 0 aliphatic carbocycles. The molecule has 0 fully saturated rings. The van der Waals surface area contributed by atoms with Gasteiger partial charge in [0.1, 0.15) is 5.75 Å². The summed E-state index contributed by atoms with van der Waals surface area (Å²) in [6, 6.07) is 6.94. The Morgan fingerprint density at radius 2 is 2.11 bits per heavy atom. The van der Waals surface area contributed by atoms with E-state index in [4.69, 9.17) is 4.74 Å². The van der Waals surface area contributed by atoms with E-state index in [1.165, 1.54) is 31.6 Å². The Morgan fingerprint density at radius 1 is 1.32 bits per heavy atom. The summed E-state index contributed by atoms with van der Waals surface area (Å²) in [7, 11) is 1.39. The molecule has 1 aromatic carbocycles. The van der Waals surface area contributed by atoms with Crippen molar-refractivity contribution < 1.29 is 18.3 Å². The SMILES string of the molecule is COc1ccc(C(F)F)cc1C(=O)c1cccnc1. The van der Waals surface area contributed by atoms with Crippen molar-refractivity contribution in [2.24, 2.45) is 0 Å². The highest BCUT2D eigenvalue weighted by molar-refractivity contribution is 6.10. The highest BCUT2D eigenvalue weighted by Gasteiger charge is 2.18. The summed E-state index contributed by atoms with van der Waals surface area (Å²) >= 11 is 0. The van der Waals surface area contributed by atoms with Gasteiger partial charge in [0, 0.05) is 23.5 Å². The first-order valence-electron chi connectivity index (χ1n) is 5.54. The zero-order valence-electron chi connectivity index (χ0n) is 10.1. The van der Waals surface area contributed by atoms with Gasteiger partial charge < -0.3 is 4.74 Å². The number of hydrogen-bond acceptors (Lipinski definition) is 3. The van der Waals surface area contributed by atoms with E-state index in [-0.39, 0.29) is 16.9 Å². The lowest BCUT2D eigenvalue weighted by molar-refractivity contribution is 0.103. The van der Waals surface area contributed by atoms with Gasteiger partial charge in [-0.3, -0.25) is 9.78 Å². The fourth-order valence-electron chi connectivity index (χ4n) is 1.69. The van der Waals surface area contributed by atoms with E-state index < -0.39 is 12.2 Å². The predicted molar refractivity (Wildman–Crippen MR) is 65.6 cm³/mol. The number of carbonyl (C=O) groups is 1. The van der Waals surface area contributed by atoms with Crippen molar-refractivity contribution >= 4 is 5.78 Å². The molecule has 98 valence electrons. The van der Waals surface area contributed by atoms with Crippen LogP contribution in [0.4, 0.5) is 8.78 Å². The molecule has 0 atom stereocenters. The molecule has 0 spiro atoms. The van der Waals surface area contributed by atoms with Crippen molar-refractivity contribution in [2.45, 2.75) is 6.43 Å². The van der Waals surface area contributed by atoms with Crippen molar-refractivity contribution in [3.63, 3.8) is 0 Å². The molecular weight excluding hydrogens is 252 g/mol. The average Bonchev–Trinajstić information content (AvgIpc) is 2.46. The third-order valence-electron chi connectivity index (χ3n) is 2.64. The molecule has 3 nitrogen and oxygen atoms in total. The van der Waals surface area contributed by atoms with E-state index >= 15 is 0 Å². The van der Waals surface area contributed by atoms with Crippen molar-refractivity contribution in [3.05, 3.63) is 59.4 Å². The third-order valence-corrected chi connectivity index (χ3v) is 2.64. The van der Waals surface area contributed by atoms with Gasteiger partial charge in [-0.05, 0) is 30.3 Å². The number of benzene rings is 1. The largest absolute Gasteiger partial charge is 0.496 e.